The summed E-state index contributed by atoms with van der Waals surface area (Å²) < 4.78 is 18.1. The van der Waals surface area contributed by atoms with Gasteiger partial charge in [-0.05, 0) is 30.5 Å². The smallest absolute Gasteiger partial charge is 0.123 e. The van der Waals surface area contributed by atoms with Gasteiger partial charge >= 0.3 is 0 Å². The van der Waals surface area contributed by atoms with Gasteiger partial charge in [0.05, 0.1) is 6.61 Å². The van der Waals surface area contributed by atoms with Gasteiger partial charge in [0, 0.05) is 18.6 Å². The van der Waals surface area contributed by atoms with Gasteiger partial charge < -0.3 is 10.5 Å². The van der Waals surface area contributed by atoms with Crippen molar-refractivity contribution < 1.29 is 9.13 Å². The third-order valence-corrected chi connectivity index (χ3v) is 3.11. The summed E-state index contributed by atoms with van der Waals surface area (Å²) in [6.45, 7) is 2.14. The van der Waals surface area contributed by atoms with Crippen molar-refractivity contribution in [3.63, 3.8) is 0 Å². The fourth-order valence-electron chi connectivity index (χ4n) is 2.06. The average Bonchev–Trinajstić information content (AvgIpc) is 2.71. The minimum atomic E-state index is -0.191. The molecule has 82 valence electrons. The predicted molar refractivity (Wildman–Crippen MR) is 57.0 cm³/mol. The summed E-state index contributed by atoms with van der Waals surface area (Å²) in [6.07, 6.45) is 1.88. The fraction of sp³-hybridized carbons (Fsp3) is 0.500. The first-order valence-corrected chi connectivity index (χ1v) is 5.26. The van der Waals surface area contributed by atoms with Crippen molar-refractivity contribution in [3.8, 4) is 0 Å². The van der Waals surface area contributed by atoms with E-state index in [9.17, 15) is 4.39 Å². The minimum Gasteiger partial charge on any atom is -0.381 e. The summed E-state index contributed by atoms with van der Waals surface area (Å²) in [5, 5.41) is 0. The van der Waals surface area contributed by atoms with E-state index in [4.69, 9.17) is 10.5 Å². The van der Waals surface area contributed by atoms with Crippen LogP contribution in [0.2, 0.25) is 0 Å². The summed E-state index contributed by atoms with van der Waals surface area (Å²) in [7, 11) is 0. The second kappa shape index (κ2) is 4.29. The van der Waals surface area contributed by atoms with E-state index < -0.39 is 0 Å². The molecule has 0 spiro atoms. The highest BCUT2D eigenvalue weighted by molar-refractivity contribution is 5.18. The maximum absolute atomic E-state index is 12.7. The number of hydrogen-bond donors (Lipinski definition) is 1. The summed E-state index contributed by atoms with van der Waals surface area (Å²) in [6, 6.07) is 6.64. The number of nitrogens with two attached hydrogens (primary N) is 1. The Morgan fingerprint density at radius 3 is 2.60 bits per heavy atom. The van der Waals surface area contributed by atoms with Gasteiger partial charge in [-0.3, -0.25) is 0 Å². The lowest BCUT2D eigenvalue weighted by Crippen LogP contribution is -2.33. The molecular weight excluding hydrogens is 193 g/mol. The van der Waals surface area contributed by atoms with Crippen LogP contribution in [0.5, 0.6) is 0 Å². The minimum absolute atomic E-state index is 0.0673. The van der Waals surface area contributed by atoms with Gasteiger partial charge in [0.1, 0.15) is 5.82 Å². The van der Waals surface area contributed by atoms with Crippen molar-refractivity contribution >= 4 is 0 Å². The third-order valence-electron chi connectivity index (χ3n) is 3.11. The van der Waals surface area contributed by atoms with E-state index in [1.165, 1.54) is 12.1 Å². The molecule has 1 atom stereocenters. The Balaban J connectivity index is 2.09. The second-order valence-corrected chi connectivity index (χ2v) is 4.31. The molecule has 0 radical (unpaired) electrons. The molecule has 1 aromatic rings. The molecule has 2 nitrogen and oxygen atoms in total. The maximum atomic E-state index is 12.7. The predicted octanol–water partition coefficient (Wildman–Crippen LogP) is 1.73. The second-order valence-electron chi connectivity index (χ2n) is 4.31. The van der Waals surface area contributed by atoms with Crippen LogP contribution in [0.15, 0.2) is 24.3 Å². The largest absolute Gasteiger partial charge is 0.381 e. The molecule has 1 aromatic carbocycles. The third kappa shape index (κ3) is 2.36. The molecule has 1 aliphatic rings. The monoisotopic (exact) mass is 209 g/mol. The highest BCUT2D eigenvalue weighted by atomic mass is 19.1. The molecule has 2 N–H and O–H groups in total. The number of halogens is 1. The first-order valence-electron chi connectivity index (χ1n) is 5.26. The molecule has 0 bridgehead atoms. The molecule has 1 unspecified atom stereocenters. The summed E-state index contributed by atoms with van der Waals surface area (Å²) >= 11 is 0. The van der Waals surface area contributed by atoms with Crippen molar-refractivity contribution in [1.29, 1.82) is 0 Å². The molecule has 1 fully saturated rings. The Kier molecular flexibility index (Phi) is 3.03. The molecule has 15 heavy (non-hydrogen) atoms. The van der Waals surface area contributed by atoms with Crippen LogP contribution in [-0.4, -0.2) is 19.8 Å². The van der Waals surface area contributed by atoms with Crippen LogP contribution in [0, 0.1) is 11.2 Å². The van der Waals surface area contributed by atoms with Crippen LogP contribution in [0.25, 0.3) is 0 Å². The van der Waals surface area contributed by atoms with Gasteiger partial charge in [-0.25, -0.2) is 4.39 Å². The van der Waals surface area contributed by atoms with Gasteiger partial charge in [-0.2, -0.15) is 0 Å². The number of benzene rings is 1. The highest BCUT2D eigenvalue weighted by Crippen LogP contribution is 2.31. The summed E-state index contributed by atoms with van der Waals surface area (Å²) in [4.78, 5) is 0. The van der Waals surface area contributed by atoms with Crippen molar-refractivity contribution in [2.45, 2.75) is 12.8 Å². The van der Waals surface area contributed by atoms with Gasteiger partial charge in [-0.1, -0.05) is 12.1 Å². The van der Waals surface area contributed by atoms with Gasteiger partial charge in [0.2, 0.25) is 0 Å². The number of hydrogen-bond acceptors (Lipinski definition) is 2. The lowest BCUT2D eigenvalue weighted by atomic mass is 9.81. The summed E-state index contributed by atoms with van der Waals surface area (Å²) in [5.74, 6) is -0.191. The van der Waals surface area contributed by atoms with E-state index in [-0.39, 0.29) is 11.2 Å². The molecule has 0 amide bonds. The number of rotatable bonds is 3. The van der Waals surface area contributed by atoms with Crippen LogP contribution in [0.3, 0.4) is 0 Å². The van der Waals surface area contributed by atoms with E-state index in [1.807, 2.05) is 12.1 Å². The van der Waals surface area contributed by atoms with Crippen LogP contribution >= 0.6 is 0 Å². The van der Waals surface area contributed by atoms with E-state index in [1.54, 1.807) is 0 Å². The van der Waals surface area contributed by atoms with Crippen LogP contribution in [0.4, 0.5) is 4.39 Å². The van der Waals surface area contributed by atoms with Crippen LogP contribution in [-0.2, 0) is 11.2 Å². The van der Waals surface area contributed by atoms with E-state index in [0.717, 1.165) is 31.6 Å². The Morgan fingerprint density at radius 2 is 2.07 bits per heavy atom. The maximum Gasteiger partial charge on any atom is 0.123 e. The van der Waals surface area contributed by atoms with Crippen LogP contribution < -0.4 is 5.73 Å². The highest BCUT2D eigenvalue weighted by Gasteiger charge is 2.33. The zero-order valence-corrected chi connectivity index (χ0v) is 8.71. The Labute approximate surface area is 89.2 Å². The van der Waals surface area contributed by atoms with E-state index in [0.29, 0.717) is 6.54 Å². The SMILES string of the molecule is NCC1(Cc2ccc(F)cc2)CCOC1. The fourth-order valence-corrected chi connectivity index (χ4v) is 2.06. The summed E-state index contributed by atoms with van der Waals surface area (Å²) in [5.41, 5.74) is 6.99. The first kappa shape index (κ1) is 10.6. The Bertz CT molecular complexity index is 317. The lowest BCUT2D eigenvalue weighted by Gasteiger charge is -2.25. The molecule has 0 aromatic heterocycles. The molecule has 0 saturated carbocycles. The molecule has 2 rings (SSSR count). The number of ether oxygens (including phenoxy) is 1. The van der Waals surface area contributed by atoms with Gasteiger partial charge in [-0.15, -0.1) is 0 Å². The van der Waals surface area contributed by atoms with Gasteiger partial charge in [0.25, 0.3) is 0 Å². The van der Waals surface area contributed by atoms with Crippen LogP contribution in [0.1, 0.15) is 12.0 Å². The van der Waals surface area contributed by atoms with Crippen molar-refractivity contribution in [3.05, 3.63) is 35.6 Å². The zero-order valence-electron chi connectivity index (χ0n) is 8.71. The lowest BCUT2D eigenvalue weighted by molar-refractivity contribution is 0.154. The zero-order chi connectivity index (χ0) is 10.7. The van der Waals surface area contributed by atoms with E-state index in [2.05, 4.69) is 0 Å². The standard InChI is InChI=1S/C12H16FNO/c13-11-3-1-10(2-4-11)7-12(8-14)5-6-15-9-12/h1-4H,5-9,14H2. The first-order chi connectivity index (χ1) is 7.24. The molecule has 1 saturated heterocycles. The average molecular weight is 209 g/mol. The normalized spacial score (nSPS) is 25.7. The Hall–Kier alpha value is -0.930. The quantitative estimate of drug-likeness (QED) is 0.823. The Morgan fingerprint density at radius 1 is 1.33 bits per heavy atom. The van der Waals surface area contributed by atoms with E-state index >= 15 is 0 Å². The van der Waals surface area contributed by atoms with Crippen molar-refractivity contribution in [2.75, 3.05) is 19.8 Å². The molecule has 1 heterocycles. The van der Waals surface area contributed by atoms with Crippen molar-refractivity contribution in [1.82, 2.24) is 0 Å². The molecule has 3 heteroatoms. The van der Waals surface area contributed by atoms with Gasteiger partial charge in [0.15, 0.2) is 0 Å². The topological polar surface area (TPSA) is 35.2 Å². The molecular formula is C12H16FNO. The molecule has 0 aliphatic carbocycles. The van der Waals surface area contributed by atoms with Crippen molar-refractivity contribution in [2.24, 2.45) is 11.1 Å². The molecule has 1 aliphatic heterocycles.